The number of aromatic nitrogens is 1. The Morgan fingerprint density at radius 3 is 2.85 bits per heavy atom. The lowest BCUT2D eigenvalue weighted by atomic mass is 9.80. The second-order valence-corrected chi connectivity index (χ2v) is 5.09. The Balaban J connectivity index is 0.00000200. The maximum Gasteiger partial charge on any atom is 0.194 e. The van der Waals surface area contributed by atoms with E-state index in [1.165, 1.54) is 0 Å². The number of hydrogen-bond acceptors (Lipinski definition) is 4. The summed E-state index contributed by atoms with van der Waals surface area (Å²) >= 11 is 0. The minimum Gasteiger partial charge on any atom is -0.388 e. The third-order valence-corrected chi connectivity index (χ3v) is 3.39. The van der Waals surface area contributed by atoms with Gasteiger partial charge in [-0.25, -0.2) is 0 Å². The number of guanidine groups is 1. The molecule has 1 aliphatic carbocycles. The molecule has 7 heteroatoms. The van der Waals surface area contributed by atoms with Gasteiger partial charge in [0.2, 0.25) is 0 Å². The van der Waals surface area contributed by atoms with Gasteiger partial charge < -0.3 is 19.8 Å². The number of rotatable bonds is 5. The van der Waals surface area contributed by atoms with Crippen LogP contribution in [0.25, 0.3) is 0 Å². The average Bonchev–Trinajstić information content (AvgIpc) is 2.84. The zero-order valence-electron chi connectivity index (χ0n) is 12.0. The number of halogens is 1. The molecule has 0 radical (unpaired) electrons. The smallest absolute Gasteiger partial charge is 0.194 e. The Morgan fingerprint density at radius 1 is 1.60 bits per heavy atom. The summed E-state index contributed by atoms with van der Waals surface area (Å²) < 4.78 is 4.82. The largest absolute Gasteiger partial charge is 0.388 e. The summed E-state index contributed by atoms with van der Waals surface area (Å²) in [5.74, 6) is 0.783. The van der Waals surface area contributed by atoms with Gasteiger partial charge in [0.25, 0.3) is 0 Å². The lowest BCUT2D eigenvalue weighted by Crippen LogP contribution is -2.43. The molecule has 0 saturated heterocycles. The Kier molecular flexibility index (Phi) is 6.74. The van der Waals surface area contributed by atoms with Crippen molar-refractivity contribution < 1.29 is 9.63 Å². The van der Waals surface area contributed by atoms with Crippen LogP contribution < -0.4 is 5.32 Å². The van der Waals surface area contributed by atoms with Crippen LogP contribution in [0.2, 0.25) is 0 Å². The van der Waals surface area contributed by atoms with Gasteiger partial charge in [-0.3, -0.25) is 4.99 Å². The van der Waals surface area contributed by atoms with Gasteiger partial charge in [-0.15, -0.1) is 24.0 Å². The van der Waals surface area contributed by atoms with E-state index in [1.807, 2.05) is 24.9 Å². The fourth-order valence-corrected chi connectivity index (χ4v) is 2.07. The normalized spacial score (nSPS) is 17.1. The molecule has 0 spiro atoms. The van der Waals surface area contributed by atoms with Crippen LogP contribution in [-0.2, 0) is 6.54 Å². The monoisotopic (exact) mass is 394 g/mol. The summed E-state index contributed by atoms with van der Waals surface area (Å²) in [7, 11) is 1.95. The first-order chi connectivity index (χ1) is 9.13. The van der Waals surface area contributed by atoms with Crippen molar-refractivity contribution >= 4 is 29.9 Å². The predicted molar refractivity (Wildman–Crippen MR) is 88.2 cm³/mol. The molecule has 20 heavy (non-hydrogen) atoms. The first kappa shape index (κ1) is 17.2. The van der Waals surface area contributed by atoms with Gasteiger partial charge in [-0.05, 0) is 26.2 Å². The van der Waals surface area contributed by atoms with E-state index in [1.54, 1.807) is 6.26 Å². The maximum absolute atomic E-state index is 10.1. The summed E-state index contributed by atoms with van der Waals surface area (Å²) in [4.78, 5) is 6.49. The van der Waals surface area contributed by atoms with Gasteiger partial charge >= 0.3 is 0 Å². The SMILES string of the molecule is CCNC(=NCC1(O)CCC1)N(C)Cc1ccon1.I. The second kappa shape index (κ2) is 7.82. The lowest BCUT2D eigenvalue weighted by Gasteiger charge is -2.35. The molecule has 1 fully saturated rings. The molecule has 1 aromatic heterocycles. The Hall–Kier alpha value is -0.830. The lowest BCUT2D eigenvalue weighted by molar-refractivity contribution is -0.0237. The Bertz CT molecular complexity index is 418. The number of nitrogens with one attached hydrogen (secondary N) is 1. The van der Waals surface area contributed by atoms with E-state index in [2.05, 4.69) is 15.5 Å². The van der Waals surface area contributed by atoms with E-state index in [4.69, 9.17) is 4.52 Å². The standard InChI is InChI=1S/C13H22N4O2.HI/c1-3-14-12(15-10-13(18)6-4-7-13)17(2)9-11-5-8-19-16-11;/h5,8,18H,3-4,6-7,9-10H2,1-2H3,(H,14,15);1H. The quantitative estimate of drug-likeness (QED) is 0.451. The Morgan fingerprint density at radius 2 is 2.35 bits per heavy atom. The molecule has 0 aromatic carbocycles. The summed E-state index contributed by atoms with van der Waals surface area (Å²) in [6.07, 6.45) is 4.35. The third-order valence-electron chi connectivity index (χ3n) is 3.39. The molecule has 0 aliphatic heterocycles. The predicted octanol–water partition coefficient (Wildman–Crippen LogP) is 1.60. The summed E-state index contributed by atoms with van der Waals surface area (Å²) in [6.45, 7) is 3.90. The average molecular weight is 394 g/mol. The van der Waals surface area contributed by atoms with Gasteiger partial charge in [0.15, 0.2) is 5.96 Å². The molecule has 0 atom stereocenters. The molecule has 0 unspecified atom stereocenters. The van der Waals surface area contributed by atoms with Gasteiger partial charge in [0.1, 0.15) is 12.0 Å². The van der Waals surface area contributed by atoms with E-state index in [0.717, 1.165) is 37.5 Å². The van der Waals surface area contributed by atoms with E-state index >= 15 is 0 Å². The zero-order chi connectivity index (χ0) is 13.7. The van der Waals surface area contributed by atoms with Gasteiger partial charge in [-0.1, -0.05) is 5.16 Å². The fourth-order valence-electron chi connectivity index (χ4n) is 2.07. The van der Waals surface area contributed by atoms with E-state index < -0.39 is 5.60 Å². The maximum atomic E-state index is 10.1. The van der Waals surface area contributed by atoms with Crippen LogP contribution in [0.1, 0.15) is 31.9 Å². The van der Waals surface area contributed by atoms with E-state index in [9.17, 15) is 5.11 Å². The van der Waals surface area contributed by atoms with Crippen LogP contribution in [0.5, 0.6) is 0 Å². The minimum absolute atomic E-state index is 0. The molecular formula is C13H23IN4O2. The van der Waals surface area contributed by atoms with Crippen LogP contribution in [0, 0.1) is 0 Å². The first-order valence-electron chi connectivity index (χ1n) is 6.74. The highest BCUT2D eigenvalue weighted by Crippen LogP contribution is 2.31. The number of aliphatic hydroxyl groups is 1. The van der Waals surface area contributed by atoms with Crippen molar-refractivity contribution in [2.75, 3.05) is 20.1 Å². The fraction of sp³-hybridized carbons (Fsp3) is 0.692. The molecular weight excluding hydrogens is 371 g/mol. The van der Waals surface area contributed by atoms with Crippen molar-refractivity contribution in [3.8, 4) is 0 Å². The molecule has 1 saturated carbocycles. The number of aliphatic imine (C=N–C) groups is 1. The van der Waals surface area contributed by atoms with Gasteiger partial charge in [0, 0.05) is 19.7 Å². The highest BCUT2D eigenvalue weighted by atomic mass is 127. The van der Waals surface area contributed by atoms with Crippen molar-refractivity contribution in [1.82, 2.24) is 15.4 Å². The van der Waals surface area contributed by atoms with Crippen molar-refractivity contribution in [3.63, 3.8) is 0 Å². The molecule has 2 rings (SSSR count). The number of nitrogens with zero attached hydrogens (tertiary/aromatic N) is 3. The highest BCUT2D eigenvalue weighted by molar-refractivity contribution is 14.0. The third kappa shape index (κ3) is 4.62. The van der Waals surface area contributed by atoms with Crippen molar-refractivity contribution in [2.24, 2.45) is 4.99 Å². The topological polar surface area (TPSA) is 73.9 Å². The van der Waals surface area contributed by atoms with E-state index in [0.29, 0.717) is 13.1 Å². The molecule has 114 valence electrons. The van der Waals surface area contributed by atoms with Crippen molar-refractivity contribution in [1.29, 1.82) is 0 Å². The van der Waals surface area contributed by atoms with Crippen LogP contribution >= 0.6 is 24.0 Å². The highest BCUT2D eigenvalue weighted by Gasteiger charge is 2.34. The summed E-state index contributed by atoms with van der Waals surface area (Å²) in [6, 6.07) is 1.83. The minimum atomic E-state index is -0.588. The van der Waals surface area contributed by atoms with Crippen LogP contribution in [-0.4, -0.2) is 46.9 Å². The Labute approximate surface area is 136 Å². The number of hydrogen-bond donors (Lipinski definition) is 2. The summed E-state index contributed by atoms with van der Waals surface area (Å²) in [5.41, 5.74) is 0.269. The second-order valence-electron chi connectivity index (χ2n) is 5.09. The van der Waals surface area contributed by atoms with Crippen molar-refractivity contribution in [2.45, 2.75) is 38.3 Å². The molecule has 6 nitrogen and oxygen atoms in total. The van der Waals surface area contributed by atoms with Crippen LogP contribution in [0.3, 0.4) is 0 Å². The zero-order valence-corrected chi connectivity index (χ0v) is 14.3. The molecule has 0 amide bonds. The molecule has 0 bridgehead atoms. The molecule has 2 N–H and O–H groups in total. The van der Waals surface area contributed by atoms with Crippen LogP contribution in [0.15, 0.2) is 21.8 Å². The molecule has 1 aromatic rings. The first-order valence-corrected chi connectivity index (χ1v) is 6.74. The van der Waals surface area contributed by atoms with Gasteiger partial charge in [0.05, 0.1) is 18.7 Å². The van der Waals surface area contributed by atoms with E-state index in [-0.39, 0.29) is 24.0 Å². The molecule has 1 aliphatic rings. The van der Waals surface area contributed by atoms with Crippen LogP contribution in [0.4, 0.5) is 0 Å². The van der Waals surface area contributed by atoms with Gasteiger partial charge in [-0.2, -0.15) is 0 Å². The summed E-state index contributed by atoms with van der Waals surface area (Å²) in [5, 5.41) is 17.2. The molecule has 1 heterocycles. The van der Waals surface area contributed by atoms with Crippen molar-refractivity contribution in [3.05, 3.63) is 18.0 Å².